The molecule has 0 amide bonds. The standard InChI is InChI=1S/C13H19NO3/c1-9-8-11(5-6-12(9)13(16)17)14-10(2)4-3-7-15/h5-6,8,10,14-15H,3-4,7H2,1-2H3,(H,16,17). The van der Waals surface area contributed by atoms with Crippen molar-refractivity contribution in [1.82, 2.24) is 0 Å². The number of anilines is 1. The van der Waals surface area contributed by atoms with Gasteiger partial charge in [-0.2, -0.15) is 0 Å². The van der Waals surface area contributed by atoms with E-state index in [2.05, 4.69) is 5.32 Å². The highest BCUT2D eigenvalue weighted by molar-refractivity contribution is 5.89. The molecule has 0 aromatic heterocycles. The second-order valence-corrected chi connectivity index (χ2v) is 4.25. The molecular weight excluding hydrogens is 218 g/mol. The maximum absolute atomic E-state index is 10.8. The number of aliphatic hydroxyl groups is 1. The zero-order valence-electron chi connectivity index (χ0n) is 10.2. The third kappa shape index (κ3) is 4.07. The first-order valence-corrected chi connectivity index (χ1v) is 5.76. The molecule has 0 radical (unpaired) electrons. The van der Waals surface area contributed by atoms with Gasteiger partial charge in [0.15, 0.2) is 0 Å². The highest BCUT2D eigenvalue weighted by atomic mass is 16.4. The molecule has 3 N–H and O–H groups in total. The predicted molar refractivity (Wildman–Crippen MR) is 67.5 cm³/mol. The molecule has 0 aliphatic heterocycles. The molecule has 1 unspecified atom stereocenters. The van der Waals surface area contributed by atoms with Crippen LogP contribution in [0.3, 0.4) is 0 Å². The van der Waals surface area contributed by atoms with Crippen molar-refractivity contribution in [3.63, 3.8) is 0 Å². The molecule has 0 aliphatic carbocycles. The number of rotatable bonds is 6. The van der Waals surface area contributed by atoms with Gasteiger partial charge in [-0.1, -0.05) is 0 Å². The molecule has 4 heteroatoms. The lowest BCUT2D eigenvalue weighted by atomic mass is 10.1. The molecule has 0 bridgehead atoms. The molecule has 1 rings (SSSR count). The van der Waals surface area contributed by atoms with Crippen molar-refractivity contribution in [1.29, 1.82) is 0 Å². The van der Waals surface area contributed by atoms with Crippen molar-refractivity contribution in [2.75, 3.05) is 11.9 Å². The molecule has 1 aromatic rings. The fourth-order valence-corrected chi connectivity index (χ4v) is 1.75. The number of nitrogens with one attached hydrogen (secondary N) is 1. The van der Waals surface area contributed by atoms with Crippen molar-refractivity contribution in [3.8, 4) is 0 Å². The van der Waals surface area contributed by atoms with Gasteiger partial charge in [-0.25, -0.2) is 4.79 Å². The van der Waals surface area contributed by atoms with Crippen molar-refractivity contribution in [2.24, 2.45) is 0 Å². The minimum atomic E-state index is -0.901. The van der Waals surface area contributed by atoms with E-state index in [1.54, 1.807) is 19.1 Å². The van der Waals surface area contributed by atoms with E-state index in [-0.39, 0.29) is 12.6 Å². The van der Waals surface area contributed by atoms with Gasteiger partial charge in [0, 0.05) is 18.3 Å². The van der Waals surface area contributed by atoms with Crippen LogP contribution < -0.4 is 5.32 Å². The Hall–Kier alpha value is -1.55. The lowest BCUT2D eigenvalue weighted by Crippen LogP contribution is -2.15. The lowest BCUT2D eigenvalue weighted by Gasteiger charge is -2.15. The number of carbonyl (C=O) groups is 1. The average Bonchev–Trinajstić information content (AvgIpc) is 2.26. The zero-order chi connectivity index (χ0) is 12.8. The average molecular weight is 237 g/mol. The van der Waals surface area contributed by atoms with Gasteiger partial charge in [0.05, 0.1) is 5.56 Å². The summed E-state index contributed by atoms with van der Waals surface area (Å²) in [5.41, 5.74) is 1.99. The second-order valence-electron chi connectivity index (χ2n) is 4.25. The molecule has 0 aliphatic rings. The summed E-state index contributed by atoms with van der Waals surface area (Å²) in [6.07, 6.45) is 1.65. The van der Waals surface area contributed by atoms with E-state index in [1.807, 2.05) is 13.0 Å². The quantitative estimate of drug-likeness (QED) is 0.710. The summed E-state index contributed by atoms with van der Waals surface area (Å²) < 4.78 is 0. The Balaban J connectivity index is 2.67. The highest BCUT2D eigenvalue weighted by Gasteiger charge is 2.08. The van der Waals surface area contributed by atoms with E-state index in [9.17, 15) is 4.79 Å². The van der Waals surface area contributed by atoms with Crippen LogP contribution in [0.25, 0.3) is 0 Å². The third-order valence-corrected chi connectivity index (χ3v) is 2.67. The summed E-state index contributed by atoms with van der Waals surface area (Å²) in [4.78, 5) is 10.8. The highest BCUT2D eigenvalue weighted by Crippen LogP contribution is 2.16. The Kier molecular flexibility index (Phi) is 4.97. The van der Waals surface area contributed by atoms with Crippen LogP contribution in [0, 0.1) is 6.92 Å². The number of aliphatic hydroxyl groups excluding tert-OH is 1. The molecule has 0 heterocycles. The molecule has 0 saturated carbocycles. The maximum Gasteiger partial charge on any atom is 0.335 e. The predicted octanol–water partition coefficient (Wildman–Crippen LogP) is 2.27. The van der Waals surface area contributed by atoms with Gasteiger partial charge in [0.25, 0.3) is 0 Å². The molecule has 0 fully saturated rings. The first-order chi connectivity index (χ1) is 8.04. The van der Waals surface area contributed by atoms with E-state index in [0.717, 1.165) is 24.1 Å². The number of benzene rings is 1. The first-order valence-electron chi connectivity index (χ1n) is 5.76. The van der Waals surface area contributed by atoms with E-state index in [1.165, 1.54) is 0 Å². The van der Waals surface area contributed by atoms with Crippen LogP contribution in [0.5, 0.6) is 0 Å². The van der Waals surface area contributed by atoms with Crippen LogP contribution in [0.4, 0.5) is 5.69 Å². The van der Waals surface area contributed by atoms with E-state index >= 15 is 0 Å². The lowest BCUT2D eigenvalue weighted by molar-refractivity contribution is 0.0696. The van der Waals surface area contributed by atoms with Crippen LogP contribution in [0.15, 0.2) is 18.2 Å². The summed E-state index contributed by atoms with van der Waals surface area (Å²) in [6.45, 7) is 4.02. The van der Waals surface area contributed by atoms with Gasteiger partial charge >= 0.3 is 5.97 Å². The first kappa shape index (κ1) is 13.5. The Morgan fingerprint density at radius 1 is 1.47 bits per heavy atom. The maximum atomic E-state index is 10.8. The van der Waals surface area contributed by atoms with Gasteiger partial charge in [-0.15, -0.1) is 0 Å². The third-order valence-electron chi connectivity index (χ3n) is 2.67. The van der Waals surface area contributed by atoms with Crippen LogP contribution >= 0.6 is 0 Å². The van der Waals surface area contributed by atoms with Gasteiger partial charge in [-0.3, -0.25) is 0 Å². The van der Waals surface area contributed by atoms with Crippen LogP contribution in [-0.2, 0) is 0 Å². The number of aryl methyl sites for hydroxylation is 1. The topological polar surface area (TPSA) is 69.6 Å². The van der Waals surface area contributed by atoms with Gasteiger partial charge in [0.2, 0.25) is 0 Å². The number of hydrogen-bond donors (Lipinski definition) is 3. The molecule has 1 atom stereocenters. The Labute approximate surface area is 101 Å². The molecule has 94 valence electrons. The monoisotopic (exact) mass is 237 g/mol. The summed E-state index contributed by atoms with van der Waals surface area (Å²) in [6, 6.07) is 5.47. The number of carboxylic acid groups (broad SMARTS) is 1. The van der Waals surface area contributed by atoms with E-state index in [4.69, 9.17) is 10.2 Å². The van der Waals surface area contributed by atoms with Gasteiger partial charge in [-0.05, 0) is 50.5 Å². The van der Waals surface area contributed by atoms with E-state index < -0.39 is 5.97 Å². The second kappa shape index (κ2) is 6.25. The van der Waals surface area contributed by atoms with Crippen LogP contribution in [-0.4, -0.2) is 28.8 Å². The number of hydrogen-bond acceptors (Lipinski definition) is 3. The molecule has 0 saturated heterocycles. The van der Waals surface area contributed by atoms with Crippen molar-refractivity contribution in [3.05, 3.63) is 29.3 Å². The van der Waals surface area contributed by atoms with Crippen molar-refractivity contribution >= 4 is 11.7 Å². The van der Waals surface area contributed by atoms with Crippen LogP contribution in [0.2, 0.25) is 0 Å². The minimum absolute atomic E-state index is 0.197. The van der Waals surface area contributed by atoms with E-state index in [0.29, 0.717) is 5.56 Å². The molecule has 0 spiro atoms. The summed E-state index contributed by atoms with van der Waals surface area (Å²) in [5.74, 6) is -0.901. The fraction of sp³-hybridized carbons (Fsp3) is 0.462. The zero-order valence-corrected chi connectivity index (χ0v) is 10.2. The van der Waals surface area contributed by atoms with Crippen LogP contribution in [0.1, 0.15) is 35.7 Å². The molecule has 17 heavy (non-hydrogen) atoms. The summed E-state index contributed by atoms with van der Waals surface area (Å²) in [5, 5.41) is 20.9. The molecule has 4 nitrogen and oxygen atoms in total. The summed E-state index contributed by atoms with van der Waals surface area (Å²) >= 11 is 0. The normalized spacial score (nSPS) is 12.2. The smallest absolute Gasteiger partial charge is 0.335 e. The minimum Gasteiger partial charge on any atom is -0.478 e. The van der Waals surface area contributed by atoms with Gasteiger partial charge < -0.3 is 15.5 Å². The van der Waals surface area contributed by atoms with Gasteiger partial charge in [0.1, 0.15) is 0 Å². The van der Waals surface area contributed by atoms with Crippen molar-refractivity contribution < 1.29 is 15.0 Å². The SMILES string of the molecule is Cc1cc(NC(C)CCCO)ccc1C(=O)O. The molecular formula is C13H19NO3. The Morgan fingerprint density at radius 3 is 2.71 bits per heavy atom. The number of carboxylic acids is 1. The number of aromatic carboxylic acids is 1. The van der Waals surface area contributed by atoms with Crippen molar-refractivity contribution in [2.45, 2.75) is 32.7 Å². The fourth-order valence-electron chi connectivity index (χ4n) is 1.75. The summed E-state index contributed by atoms with van der Waals surface area (Å²) in [7, 11) is 0. The molecule has 1 aromatic carbocycles. The largest absolute Gasteiger partial charge is 0.478 e. The Bertz CT molecular complexity index is 390. The Morgan fingerprint density at radius 2 is 2.18 bits per heavy atom.